The van der Waals surface area contributed by atoms with Gasteiger partial charge in [-0.15, -0.1) is 0 Å². The van der Waals surface area contributed by atoms with Gasteiger partial charge in [0.15, 0.2) is 0 Å². The van der Waals surface area contributed by atoms with Crippen molar-refractivity contribution in [3.8, 4) is 0 Å². The summed E-state index contributed by atoms with van der Waals surface area (Å²) in [5.74, 6) is 0. The molecular weight excluding hydrogens is 196 g/mol. The maximum absolute atomic E-state index is 5.75. The molecule has 2 nitrogen and oxygen atoms in total. The molecule has 2 rings (SSSR count). The van der Waals surface area contributed by atoms with Gasteiger partial charge in [0.25, 0.3) is 0 Å². The Morgan fingerprint density at radius 2 is 2.19 bits per heavy atom. The highest BCUT2D eigenvalue weighted by molar-refractivity contribution is 5.40. The van der Waals surface area contributed by atoms with Crippen LogP contribution in [-0.4, -0.2) is 6.54 Å². The van der Waals surface area contributed by atoms with Crippen LogP contribution in [0.1, 0.15) is 38.2 Å². The first-order valence-electron chi connectivity index (χ1n) is 6.29. The average molecular weight is 218 g/mol. The quantitative estimate of drug-likeness (QED) is 0.720. The molecule has 0 unspecified atom stereocenters. The van der Waals surface area contributed by atoms with Gasteiger partial charge in [-0.2, -0.15) is 0 Å². The lowest BCUT2D eigenvalue weighted by atomic mass is 10.0. The fourth-order valence-electron chi connectivity index (χ4n) is 2.40. The van der Waals surface area contributed by atoms with Crippen molar-refractivity contribution in [2.75, 3.05) is 12.3 Å². The van der Waals surface area contributed by atoms with Crippen LogP contribution in [0.2, 0.25) is 0 Å². The Bertz CT molecular complexity index is 342. The van der Waals surface area contributed by atoms with Gasteiger partial charge in [0.1, 0.15) is 0 Å². The fraction of sp³-hybridized carbons (Fsp3) is 0.571. The number of nitrogen functional groups attached to an aromatic ring is 1. The molecule has 1 fully saturated rings. The van der Waals surface area contributed by atoms with Crippen LogP contribution in [0, 0.1) is 5.41 Å². The lowest BCUT2D eigenvalue weighted by molar-refractivity contribution is 0.421. The highest BCUT2D eigenvalue weighted by Gasteiger charge is 2.40. The Balaban J connectivity index is 1.76. The number of anilines is 1. The van der Waals surface area contributed by atoms with Crippen LogP contribution in [0.3, 0.4) is 0 Å². The highest BCUT2D eigenvalue weighted by Crippen LogP contribution is 2.48. The van der Waals surface area contributed by atoms with Gasteiger partial charge in [-0.25, -0.2) is 0 Å². The molecule has 1 aromatic rings. The van der Waals surface area contributed by atoms with Gasteiger partial charge in [-0.3, -0.25) is 0 Å². The molecule has 0 bridgehead atoms. The van der Waals surface area contributed by atoms with E-state index in [1.165, 1.54) is 31.2 Å². The average Bonchev–Trinajstić information content (AvgIpc) is 2.99. The molecule has 0 aromatic heterocycles. The minimum absolute atomic E-state index is 0.634. The first kappa shape index (κ1) is 11.5. The molecule has 88 valence electrons. The van der Waals surface area contributed by atoms with Crippen LogP contribution >= 0.6 is 0 Å². The van der Waals surface area contributed by atoms with Crippen molar-refractivity contribution in [3.63, 3.8) is 0 Å². The maximum Gasteiger partial charge on any atom is 0.0317 e. The standard InChI is InChI=1S/C14H22N2/c1-2-6-14(7-8-14)11-16-10-12-4-3-5-13(15)9-12/h3-5,9,16H,2,6-8,10-11,15H2,1H3. The number of hydrogen-bond acceptors (Lipinski definition) is 2. The molecule has 0 radical (unpaired) electrons. The van der Waals surface area contributed by atoms with Gasteiger partial charge in [-0.05, 0) is 42.4 Å². The summed E-state index contributed by atoms with van der Waals surface area (Å²) in [5, 5.41) is 3.56. The van der Waals surface area contributed by atoms with Gasteiger partial charge in [0, 0.05) is 18.8 Å². The van der Waals surface area contributed by atoms with E-state index in [1.54, 1.807) is 0 Å². The van der Waals surface area contributed by atoms with Crippen molar-refractivity contribution in [2.45, 2.75) is 39.2 Å². The summed E-state index contributed by atoms with van der Waals surface area (Å²) in [6.07, 6.45) is 5.49. The van der Waals surface area contributed by atoms with Crippen molar-refractivity contribution in [1.82, 2.24) is 5.32 Å². The fourth-order valence-corrected chi connectivity index (χ4v) is 2.40. The van der Waals surface area contributed by atoms with Crippen LogP contribution in [0.5, 0.6) is 0 Å². The van der Waals surface area contributed by atoms with Crippen LogP contribution in [0.25, 0.3) is 0 Å². The van der Waals surface area contributed by atoms with Crippen molar-refractivity contribution >= 4 is 5.69 Å². The maximum atomic E-state index is 5.75. The summed E-state index contributed by atoms with van der Waals surface area (Å²) in [6.45, 7) is 4.38. The van der Waals surface area contributed by atoms with Gasteiger partial charge in [-0.1, -0.05) is 25.5 Å². The zero-order chi connectivity index (χ0) is 11.4. The van der Waals surface area contributed by atoms with Crippen molar-refractivity contribution < 1.29 is 0 Å². The molecule has 16 heavy (non-hydrogen) atoms. The highest BCUT2D eigenvalue weighted by atomic mass is 14.9. The third-order valence-corrected chi connectivity index (χ3v) is 3.52. The molecule has 0 amide bonds. The molecule has 1 aromatic carbocycles. The predicted molar refractivity (Wildman–Crippen MR) is 69.1 cm³/mol. The monoisotopic (exact) mass is 218 g/mol. The zero-order valence-corrected chi connectivity index (χ0v) is 10.1. The number of hydrogen-bond donors (Lipinski definition) is 2. The van der Waals surface area contributed by atoms with Gasteiger partial charge < -0.3 is 11.1 Å². The van der Waals surface area contributed by atoms with E-state index in [-0.39, 0.29) is 0 Å². The van der Waals surface area contributed by atoms with Gasteiger partial charge in [0.2, 0.25) is 0 Å². The van der Waals surface area contributed by atoms with Crippen LogP contribution in [-0.2, 0) is 6.54 Å². The van der Waals surface area contributed by atoms with Crippen molar-refractivity contribution in [1.29, 1.82) is 0 Å². The Morgan fingerprint density at radius 1 is 1.38 bits per heavy atom. The molecular formula is C14H22N2. The Morgan fingerprint density at radius 3 is 2.81 bits per heavy atom. The molecule has 0 saturated heterocycles. The SMILES string of the molecule is CCCC1(CNCc2cccc(N)c2)CC1. The Labute approximate surface area is 98.2 Å². The molecule has 1 aliphatic carbocycles. The van der Waals surface area contributed by atoms with Crippen LogP contribution in [0.4, 0.5) is 5.69 Å². The summed E-state index contributed by atoms with van der Waals surface area (Å²) < 4.78 is 0. The summed E-state index contributed by atoms with van der Waals surface area (Å²) in [4.78, 5) is 0. The van der Waals surface area contributed by atoms with Crippen molar-refractivity contribution in [3.05, 3.63) is 29.8 Å². The largest absolute Gasteiger partial charge is 0.399 e. The second-order valence-electron chi connectivity index (χ2n) is 5.10. The van der Waals surface area contributed by atoms with E-state index >= 15 is 0 Å². The summed E-state index contributed by atoms with van der Waals surface area (Å²) in [6, 6.07) is 8.13. The second kappa shape index (κ2) is 4.88. The molecule has 1 aliphatic rings. The molecule has 0 heterocycles. The van der Waals surface area contributed by atoms with E-state index in [0.717, 1.165) is 18.8 Å². The van der Waals surface area contributed by atoms with E-state index < -0.39 is 0 Å². The molecule has 0 spiro atoms. The van der Waals surface area contributed by atoms with E-state index in [1.807, 2.05) is 18.2 Å². The van der Waals surface area contributed by atoms with E-state index in [2.05, 4.69) is 18.3 Å². The summed E-state index contributed by atoms with van der Waals surface area (Å²) in [7, 11) is 0. The Hall–Kier alpha value is -1.02. The predicted octanol–water partition coefficient (Wildman–Crippen LogP) is 2.94. The third-order valence-electron chi connectivity index (χ3n) is 3.52. The topological polar surface area (TPSA) is 38.0 Å². The Kier molecular flexibility index (Phi) is 3.49. The molecule has 2 heteroatoms. The molecule has 0 aliphatic heterocycles. The smallest absolute Gasteiger partial charge is 0.0317 e. The third kappa shape index (κ3) is 2.99. The summed E-state index contributed by atoms with van der Waals surface area (Å²) in [5.41, 5.74) is 8.52. The van der Waals surface area contributed by atoms with Gasteiger partial charge >= 0.3 is 0 Å². The van der Waals surface area contributed by atoms with E-state index in [9.17, 15) is 0 Å². The molecule has 0 atom stereocenters. The van der Waals surface area contributed by atoms with Crippen molar-refractivity contribution in [2.24, 2.45) is 5.41 Å². The minimum atomic E-state index is 0.634. The van der Waals surface area contributed by atoms with E-state index in [0.29, 0.717) is 5.41 Å². The molecule has 3 N–H and O–H groups in total. The number of rotatable bonds is 6. The molecule has 1 saturated carbocycles. The van der Waals surface area contributed by atoms with E-state index in [4.69, 9.17) is 5.73 Å². The zero-order valence-electron chi connectivity index (χ0n) is 10.1. The number of nitrogens with one attached hydrogen (secondary N) is 1. The normalized spacial score (nSPS) is 17.3. The number of benzene rings is 1. The van der Waals surface area contributed by atoms with Gasteiger partial charge in [0.05, 0.1) is 0 Å². The second-order valence-corrected chi connectivity index (χ2v) is 5.10. The van der Waals surface area contributed by atoms with Crippen LogP contribution < -0.4 is 11.1 Å². The lowest BCUT2D eigenvalue weighted by Crippen LogP contribution is -2.23. The first-order chi connectivity index (χ1) is 7.74. The minimum Gasteiger partial charge on any atom is -0.399 e. The first-order valence-corrected chi connectivity index (χ1v) is 6.29. The number of nitrogens with two attached hydrogens (primary N) is 1. The van der Waals surface area contributed by atoms with Crippen LogP contribution in [0.15, 0.2) is 24.3 Å². The lowest BCUT2D eigenvalue weighted by Gasteiger charge is -2.14. The summed E-state index contributed by atoms with van der Waals surface area (Å²) >= 11 is 0.